The molecule has 1 unspecified atom stereocenters. The first-order valence-electron chi connectivity index (χ1n) is 9.49. The van der Waals surface area contributed by atoms with E-state index in [1.807, 2.05) is 6.07 Å². The summed E-state index contributed by atoms with van der Waals surface area (Å²) >= 11 is 0. The van der Waals surface area contributed by atoms with E-state index < -0.39 is 11.9 Å². The molecule has 1 atom stereocenters. The van der Waals surface area contributed by atoms with Crippen molar-refractivity contribution in [3.63, 3.8) is 0 Å². The van der Waals surface area contributed by atoms with E-state index in [2.05, 4.69) is 29.7 Å². The molecule has 0 bridgehead atoms. The van der Waals surface area contributed by atoms with E-state index in [0.29, 0.717) is 17.5 Å². The number of carboxylic acid groups (broad SMARTS) is 2. The van der Waals surface area contributed by atoms with E-state index in [0.717, 1.165) is 44.0 Å². The lowest BCUT2D eigenvalue weighted by Crippen LogP contribution is -2.49. The summed E-state index contributed by atoms with van der Waals surface area (Å²) < 4.78 is 16.4. The van der Waals surface area contributed by atoms with Crippen molar-refractivity contribution < 1.29 is 34.0 Å². The second kappa shape index (κ2) is 12.1. The van der Waals surface area contributed by atoms with Crippen LogP contribution in [0, 0.1) is 0 Å². The van der Waals surface area contributed by atoms with Crippen LogP contribution >= 0.6 is 0 Å². The molecule has 29 heavy (non-hydrogen) atoms. The van der Waals surface area contributed by atoms with Crippen LogP contribution in [0.3, 0.4) is 0 Å². The molecular formula is C20H32N2O7. The van der Waals surface area contributed by atoms with Gasteiger partial charge in [-0.1, -0.05) is 13.0 Å². The molecule has 0 aromatic heterocycles. The van der Waals surface area contributed by atoms with Gasteiger partial charge in [-0.3, -0.25) is 9.80 Å². The number of ether oxygens (including phenoxy) is 3. The molecule has 164 valence electrons. The van der Waals surface area contributed by atoms with E-state index in [1.165, 1.54) is 6.42 Å². The van der Waals surface area contributed by atoms with Crippen molar-refractivity contribution in [1.82, 2.24) is 9.80 Å². The van der Waals surface area contributed by atoms with Crippen LogP contribution in [-0.4, -0.2) is 85.5 Å². The van der Waals surface area contributed by atoms with Gasteiger partial charge in [-0.25, -0.2) is 9.59 Å². The Bertz CT molecular complexity index is 661. The number of carbonyl (C=O) groups is 2. The standard InChI is InChI=1S/C18H30N2O3.C2H2O4/c1-6-14(2)20-11-9-19(10-12-20)13-15-7-8-16(21-3)18(23-5)17(15)22-4;3-1(4)2(5)6/h7-8,14H,6,9-13H2,1-5H3;(H,3,4)(H,5,6). The van der Waals surface area contributed by atoms with Gasteiger partial charge in [-0.2, -0.15) is 0 Å². The molecule has 0 radical (unpaired) electrons. The zero-order chi connectivity index (χ0) is 22.0. The van der Waals surface area contributed by atoms with Gasteiger partial charge in [0, 0.05) is 44.3 Å². The first kappa shape index (κ1) is 24.5. The number of carboxylic acids is 2. The Kier molecular flexibility index (Phi) is 10.3. The van der Waals surface area contributed by atoms with Crippen LogP contribution in [-0.2, 0) is 16.1 Å². The number of hydrogen-bond acceptors (Lipinski definition) is 7. The van der Waals surface area contributed by atoms with Gasteiger partial charge in [-0.15, -0.1) is 0 Å². The van der Waals surface area contributed by atoms with Crippen molar-refractivity contribution in [2.24, 2.45) is 0 Å². The largest absolute Gasteiger partial charge is 0.493 e. The molecule has 2 N–H and O–H groups in total. The number of aliphatic carboxylic acids is 2. The van der Waals surface area contributed by atoms with Gasteiger partial charge in [-0.05, 0) is 19.4 Å². The minimum atomic E-state index is -1.82. The molecule has 0 aliphatic carbocycles. The summed E-state index contributed by atoms with van der Waals surface area (Å²) in [6.45, 7) is 9.87. The van der Waals surface area contributed by atoms with Crippen molar-refractivity contribution in [2.75, 3.05) is 47.5 Å². The van der Waals surface area contributed by atoms with Crippen LogP contribution in [0.5, 0.6) is 17.2 Å². The Labute approximate surface area is 171 Å². The third kappa shape index (κ3) is 7.10. The van der Waals surface area contributed by atoms with Crippen molar-refractivity contribution in [2.45, 2.75) is 32.9 Å². The second-order valence-corrected chi connectivity index (χ2v) is 6.67. The molecule has 1 saturated heterocycles. The van der Waals surface area contributed by atoms with Gasteiger partial charge in [0.05, 0.1) is 21.3 Å². The quantitative estimate of drug-likeness (QED) is 0.648. The highest BCUT2D eigenvalue weighted by Crippen LogP contribution is 2.40. The Balaban J connectivity index is 0.000000612. The summed E-state index contributed by atoms with van der Waals surface area (Å²) in [7, 11) is 4.97. The molecule has 0 saturated carbocycles. The molecule has 1 aromatic carbocycles. The predicted molar refractivity (Wildman–Crippen MR) is 108 cm³/mol. The Morgan fingerprint density at radius 1 is 0.966 bits per heavy atom. The first-order chi connectivity index (χ1) is 13.8. The van der Waals surface area contributed by atoms with Gasteiger partial charge in [0.1, 0.15) is 0 Å². The molecule has 2 rings (SSSR count). The van der Waals surface area contributed by atoms with Crippen LogP contribution in [0.15, 0.2) is 12.1 Å². The molecule has 1 aliphatic rings. The molecule has 1 aromatic rings. The second-order valence-electron chi connectivity index (χ2n) is 6.67. The Hall–Kier alpha value is -2.52. The Morgan fingerprint density at radius 3 is 1.93 bits per heavy atom. The van der Waals surface area contributed by atoms with E-state index in [-0.39, 0.29) is 0 Å². The summed E-state index contributed by atoms with van der Waals surface area (Å²) in [6.07, 6.45) is 1.21. The van der Waals surface area contributed by atoms with Crippen LogP contribution in [0.25, 0.3) is 0 Å². The average Bonchev–Trinajstić information content (AvgIpc) is 2.73. The van der Waals surface area contributed by atoms with Crippen molar-refractivity contribution >= 4 is 11.9 Å². The Morgan fingerprint density at radius 2 is 1.52 bits per heavy atom. The topological polar surface area (TPSA) is 109 Å². The summed E-state index contributed by atoms with van der Waals surface area (Å²) in [5.74, 6) is -1.50. The van der Waals surface area contributed by atoms with Gasteiger partial charge >= 0.3 is 11.9 Å². The first-order valence-corrected chi connectivity index (χ1v) is 9.49. The normalized spacial score (nSPS) is 15.6. The van der Waals surface area contributed by atoms with Gasteiger partial charge in [0.25, 0.3) is 0 Å². The van der Waals surface area contributed by atoms with Crippen molar-refractivity contribution in [3.8, 4) is 17.2 Å². The van der Waals surface area contributed by atoms with E-state index >= 15 is 0 Å². The van der Waals surface area contributed by atoms with E-state index in [1.54, 1.807) is 21.3 Å². The van der Waals surface area contributed by atoms with Crippen molar-refractivity contribution in [3.05, 3.63) is 17.7 Å². The monoisotopic (exact) mass is 412 g/mol. The molecule has 0 amide bonds. The fourth-order valence-electron chi connectivity index (χ4n) is 3.15. The number of benzene rings is 1. The molecule has 9 heteroatoms. The zero-order valence-electron chi connectivity index (χ0n) is 17.8. The third-order valence-corrected chi connectivity index (χ3v) is 4.98. The predicted octanol–water partition coefficient (Wildman–Crippen LogP) is 1.78. The molecule has 9 nitrogen and oxygen atoms in total. The summed E-state index contributed by atoms with van der Waals surface area (Å²) in [5, 5.41) is 14.8. The van der Waals surface area contributed by atoms with Crippen LogP contribution in [0.1, 0.15) is 25.8 Å². The molecular weight excluding hydrogens is 380 g/mol. The van der Waals surface area contributed by atoms with Crippen LogP contribution in [0.2, 0.25) is 0 Å². The van der Waals surface area contributed by atoms with Crippen molar-refractivity contribution in [1.29, 1.82) is 0 Å². The zero-order valence-corrected chi connectivity index (χ0v) is 17.8. The van der Waals surface area contributed by atoms with Gasteiger partial charge in [0.15, 0.2) is 11.5 Å². The molecule has 1 fully saturated rings. The van der Waals surface area contributed by atoms with E-state index in [9.17, 15) is 0 Å². The van der Waals surface area contributed by atoms with Crippen LogP contribution < -0.4 is 14.2 Å². The maximum Gasteiger partial charge on any atom is 0.414 e. The smallest absolute Gasteiger partial charge is 0.414 e. The fourth-order valence-corrected chi connectivity index (χ4v) is 3.15. The summed E-state index contributed by atoms with van der Waals surface area (Å²) in [4.78, 5) is 23.2. The average molecular weight is 412 g/mol. The minimum absolute atomic E-state index is 0.672. The molecule has 1 aliphatic heterocycles. The lowest BCUT2D eigenvalue weighted by Gasteiger charge is -2.38. The summed E-state index contributed by atoms with van der Waals surface area (Å²) in [6, 6.07) is 4.70. The summed E-state index contributed by atoms with van der Waals surface area (Å²) in [5.41, 5.74) is 1.14. The lowest BCUT2D eigenvalue weighted by molar-refractivity contribution is -0.159. The molecule has 0 spiro atoms. The van der Waals surface area contributed by atoms with E-state index in [4.69, 9.17) is 34.0 Å². The number of nitrogens with zero attached hydrogens (tertiary/aromatic N) is 2. The number of methoxy groups -OCH3 is 3. The number of hydrogen-bond donors (Lipinski definition) is 2. The number of rotatable bonds is 7. The van der Waals surface area contributed by atoms with Gasteiger partial charge in [0.2, 0.25) is 5.75 Å². The fraction of sp³-hybridized carbons (Fsp3) is 0.600. The highest BCUT2D eigenvalue weighted by Gasteiger charge is 2.22. The maximum absolute atomic E-state index is 9.10. The highest BCUT2D eigenvalue weighted by atomic mass is 16.5. The number of piperazine rings is 1. The van der Waals surface area contributed by atoms with Gasteiger partial charge < -0.3 is 24.4 Å². The molecule has 1 heterocycles. The SMILES string of the molecule is CCC(C)N1CCN(Cc2ccc(OC)c(OC)c2OC)CC1.O=C(O)C(=O)O. The minimum Gasteiger partial charge on any atom is -0.493 e. The van der Waals surface area contributed by atoms with Crippen LogP contribution in [0.4, 0.5) is 0 Å². The lowest BCUT2D eigenvalue weighted by atomic mass is 10.1. The maximum atomic E-state index is 9.10. The highest BCUT2D eigenvalue weighted by molar-refractivity contribution is 6.27. The third-order valence-electron chi connectivity index (χ3n) is 4.98.